The Labute approximate surface area is 209 Å². The predicted octanol–water partition coefficient (Wildman–Crippen LogP) is 2.89. The molecule has 2 aromatic rings. The Morgan fingerprint density at radius 2 is 1.94 bits per heavy atom. The Morgan fingerprint density at radius 1 is 1.14 bits per heavy atom. The first-order valence-corrected chi connectivity index (χ1v) is 12.2. The van der Waals surface area contributed by atoms with Crippen molar-refractivity contribution in [2.75, 3.05) is 13.3 Å². The number of hydrogen-bond acceptors (Lipinski definition) is 6. The van der Waals surface area contributed by atoms with Gasteiger partial charge in [-0.3, -0.25) is 19.8 Å². The average molecular weight is 488 g/mol. The first-order chi connectivity index (χ1) is 17.4. The van der Waals surface area contributed by atoms with E-state index in [4.69, 9.17) is 9.47 Å². The quantitative estimate of drug-likeness (QED) is 0.651. The summed E-state index contributed by atoms with van der Waals surface area (Å²) in [5.74, 6) is 0.777. The average Bonchev–Trinajstić information content (AvgIpc) is 3.30. The van der Waals surface area contributed by atoms with Crippen LogP contribution in [0.1, 0.15) is 42.9 Å². The zero-order chi connectivity index (χ0) is 25.2. The SMILES string of the molecule is CC1CN(NC(=O)[C@H](C)NC(=O)CCc2ccc3c(c2)OCO3)C2C(=O)C=CC=C2c2ccccc21. The molecule has 2 aromatic carbocycles. The van der Waals surface area contributed by atoms with Crippen molar-refractivity contribution in [3.05, 3.63) is 77.4 Å². The highest BCUT2D eigenvalue weighted by Crippen LogP contribution is 2.36. The van der Waals surface area contributed by atoms with Crippen molar-refractivity contribution in [3.63, 3.8) is 0 Å². The van der Waals surface area contributed by atoms with Gasteiger partial charge >= 0.3 is 0 Å². The summed E-state index contributed by atoms with van der Waals surface area (Å²) in [6.07, 6.45) is 5.96. The highest BCUT2D eigenvalue weighted by molar-refractivity contribution is 6.07. The number of ketones is 1. The molecule has 3 aliphatic rings. The second-order valence-corrected chi connectivity index (χ2v) is 9.38. The molecule has 0 spiro atoms. The molecule has 2 N–H and O–H groups in total. The van der Waals surface area contributed by atoms with E-state index in [1.54, 1.807) is 18.0 Å². The number of nitrogens with one attached hydrogen (secondary N) is 2. The summed E-state index contributed by atoms with van der Waals surface area (Å²) < 4.78 is 10.7. The van der Waals surface area contributed by atoms with Gasteiger partial charge in [0.15, 0.2) is 17.3 Å². The van der Waals surface area contributed by atoms with Gasteiger partial charge in [-0.25, -0.2) is 5.01 Å². The van der Waals surface area contributed by atoms with Crippen LogP contribution in [0, 0.1) is 0 Å². The van der Waals surface area contributed by atoms with Crippen molar-refractivity contribution >= 4 is 23.2 Å². The Bertz CT molecular complexity index is 1270. The van der Waals surface area contributed by atoms with Gasteiger partial charge in [-0.2, -0.15) is 0 Å². The molecule has 0 saturated carbocycles. The molecule has 2 amide bonds. The van der Waals surface area contributed by atoms with Crippen LogP contribution in [-0.2, 0) is 20.8 Å². The lowest BCUT2D eigenvalue weighted by molar-refractivity contribution is -0.133. The highest BCUT2D eigenvalue weighted by atomic mass is 16.7. The Morgan fingerprint density at radius 3 is 2.81 bits per heavy atom. The van der Waals surface area contributed by atoms with Gasteiger partial charge in [-0.15, -0.1) is 0 Å². The third-order valence-corrected chi connectivity index (χ3v) is 6.79. The number of rotatable bonds is 6. The number of fused-ring (bicyclic) bond motifs is 4. The molecule has 2 heterocycles. The summed E-state index contributed by atoms with van der Waals surface area (Å²) in [7, 11) is 0. The summed E-state index contributed by atoms with van der Waals surface area (Å²) in [6.45, 7) is 4.39. The topological polar surface area (TPSA) is 97.0 Å². The van der Waals surface area contributed by atoms with Gasteiger partial charge in [0, 0.05) is 13.0 Å². The van der Waals surface area contributed by atoms with E-state index in [9.17, 15) is 14.4 Å². The third-order valence-electron chi connectivity index (χ3n) is 6.79. The molecule has 1 aliphatic carbocycles. The van der Waals surface area contributed by atoms with Crippen LogP contribution in [0.2, 0.25) is 0 Å². The van der Waals surface area contributed by atoms with Gasteiger partial charge in [0.2, 0.25) is 12.7 Å². The molecule has 0 saturated heterocycles. The number of hydrazine groups is 1. The normalized spacial score (nSPS) is 21.1. The minimum Gasteiger partial charge on any atom is -0.454 e. The first-order valence-electron chi connectivity index (χ1n) is 12.2. The molecule has 0 radical (unpaired) electrons. The zero-order valence-electron chi connectivity index (χ0n) is 20.3. The molecule has 0 bridgehead atoms. The number of carbonyl (C=O) groups is 3. The van der Waals surface area contributed by atoms with Crippen molar-refractivity contribution in [2.24, 2.45) is 0 Å². The van der Waals surface area contributed by atoms with Gasteiger partial charge in [-0.1, -0.05) is 49.4 Å². The van der Waals surface area contributed by atoms with Crippen molar-refractivity contribution in [1.29, 1.82) is 0 Å². The molecule has 5 rings (SSSR count). The lowest BCUT2D eigenvalue weighted by Gasteiger charge is -2.32. The van der Waals surface area contributed by atoms with Gasteiger partial charge in [0.05, 0.1) is 0 Å². The lowest BCUT2D eigenvalue weighted by Crippen LogP contribution is -2.57. The molecular formula is C28H29N3O5. The summed E-state index contributed by atoms with van der Waals surface area (Å²) in [4.78, 5) is 38.6. The van der Waals surface area contributed by atoms with Crippen LogP contribution in [-0.4, -0.2) is 48.0 Å². The minimum absolute atomic E-state index is 0.0860. The van der Waals surface area contributed by atoms with E-state index in [2.05, 4.69) is 23.7 Å². The Hall–Kier alpha value is -3.91. The number of nitrogens with zero attached hydrogens (tertiary/aromatic N) is 1. The van der Waals surface area contributed by atoms with Crippen LogP contribution in [0.15, 0.2) is 60.7 Å². The fourth-order valence-electron chi connectivity index (χ4n) is 4.91. The monoisotopic (exact) mass is 487 g/mol. The summed E-state index contributed by atoms with van der Waals surface area (Å²) in [5.41, 5.74) is 6.89. The van der Waals surface area contributed by atoms with Crippen LogP contribution in [0.3, 0.4) is 0 Å². The summed E-state index contributed by atoms with van der Waals surface area (Å²) in [5, 5.41) is 4.48. The van der Waals surface area contributed by atoms with E-state index in [-0.39, 0.29) is 36.7 Å². The van der Waals surface area contributed by atoms with E-state index in [0.29, 0.717) is 24.5 Å². The predicted molar refractivity (Wildman–Crippen MR) is 134 cm³/mol. The van der Waals surface area contributed by atoms with E-state index in [1.165, 1.54) is 6.08 Å². The number of amides is 2. The van der Waals surface area contributed by atoms with Crippen LogP contribution in [0.5, 0.6) is 11.5 Å². The highest BCUT2D eigenvalue weighted by Gasteiger charge is 2.37. The summed E-state index contributed by atoms with van der Waals surface area (Å²) >= 11 is 0. The number of hydrogen-bond donors (Lipinski definition) is 2. The van der Waals surface area contributed by atoms with Gasteiger partial charge < -0.3 is 14.8 Å². The summed E-state index contributed by atoms with van der Waals surface area (Å²) in [6, 6.07) is 12.2. The fourth-order valence-corrected chi connectivity index (χ4v) is 4.91. The zero-order valence-corrected chi connectivity index (χ0v) is 20.3. The maximum Gasteiger partial charge on any atom is 0.256 e. The van der Waals surface area contributed by atoms with E-state index in [0.717, 1.165) is 22.3 Å². The Kier molecular flexibility index (Phi) is 6.61. The van der Waals surface area contributed by atoms with E-state index < -0.39 is 12.1 Å². The second-order valence-electron chi connectivity index (χ2n) is 9.38. The maximum absolute atomic E-state index is 13.1. The molecule has 2 aliphatic heterocycles. The Balaban J connectivity index is 1.22. The second kappa shape index (κ2) is 9.99. The molecule has 3 atom stereocenters. The van der Waals surface area contributed by atoms with Crippen LogP contribution in [0.4, 0.5) is 0 Å². The number of ether oxygens (including phenoxy) is 2. The largest absolute Gasteiger partial charge is 0.454 e. The molecule has 0 aromatic heterocycles. The van der Waals surface area contributed by atoms with Crippen LogP contribution in [0.25, 0.3) is 5.57 Å². The molecule has 8 nitrogen and oxygen atoms in total. The molecule has 36 heavy (non-hydrogen) atoms. The molecule has 0 fully saturated rings. The molecule has 8 heteroatoms. The number of carbonyl (C=O) groups excluding carboxylic acids is 3. The van der Waals surface area contributed by atoms with Crippen molar-refractivity contribution in [1.82, 2.24) is 15.8 Å². The minimum atomic E-state index is -0.767. The van der Waals surface area contributed by atoms with Gasteiger partial charge in [-0.05, 0) is 59.7 Å². The molecule has 2 unspecified atom stereocenters. The number of aryl methyl sites for hydroxylation is 1. The molecular weight excluding hydrogens is 458 g/mol. The first kappa shape index (κ1) is 23.8. The third kappa shape index (κ3) is 4.77. The van der Waals surface area contributed by atoms with Crippen LogP contribution >= 0.6 is 0 Å². The number of allylic oxidation sites excluding steroid dienone is 2. The van der Waals surface area contributed by atoms with Crippen molar-refractivity contribution in [3.8, 4) is 11.5 Å². The van der Waals surface area contributed by atoms with Crippen LogP contribution < -0.4 is 20.2 Å². The molecule has 186 valence electrons. The van der Waals surface area contributed by atoms with E-state index >= 15 is 0 Å². The standard InChI is InChI=1S/C28H29N3O5/c1-17-15-31(27-22(8-5-9-23(27)32)21-7-4-3-6-20(17)21)30-28(34)18(2)29-26(33)13-11-19-10-12-24-25(14-19)36-16-35-24/h3-10,12,14,17-18,27H,11,13,15-16H2,1-2H3,(H,29,33)(H,30,34)/t17?,18-,27?/m0/s1. The lowest BCUT2D eigenvalue weighted by atomic mass is 9.88. The maximum atomic E-state index is 13.1. The smallest absolute Gasteiger partial charge is 0.256 e. The van der Waals surface area contributed by atoms with Gasteiger partial charge in [0.1, 0.15) is 12.1 Å². The van der Waals surface area contributed by atoms with Crippen molar-refractivity contribution in [2.45, 2.75) is 44.7 Å². The fraction of sp³-hybridized carbons (Fsp3) is 0.321. The van der Waals surface area contributed by atoms with Crippen molar-refractivity contribution < 1.29 is 23.9 Å². The van der Waals surface area contributed by atoms with E-state index in [1.807, 2.05) is 42.5 Å². The van der Waals surface area contributed by atoms with Gasteiger partial charge in [0.25, 0.3) is 5.91 Å². The number of benzene rings is 2.